The molecule has 1 aromatic carbocycles. The van der Waals surface area contributed by atoms with Gasteiger partial charge in [0.1, 0.15) is 5.03 Å². The van der Waals surface area contributed by atoms with E-state index in [4.69, 9.17) is 0 Å². The van der Waals surface area contributed by atoms with Crippen LogP contribution in [0.5, 0.6) is 0 Å². The van der Waals surface area contributed by atoms with Crippen LogP contribution in [0.4, 0.5) is 0 Å². The fourth-order valence-corrected chi connectivity index (χ4v) is 2.50. The van der Waals surface area contributed by atoms with Crippen molar-refractivity contribution >= 4 is 11.8 Å². The molecule has 0 bridgehead atoms. The lowest BCUT2D eigenvalue weighted by atomic mass is 10.2. The van der Waals surface area contributed by atoms with Gasteiger partial charge >= 0.3 is 0 Å². The van der Waals surface area contributed by atoms with E-state index in [1.54, 1.807) is 17.8 Å². The Kier molecular flexibility index (Phi) is 3.94. The van der Waals surface area contributed by atoms with Gasteiger partial charge in [0, 0.05) is 6.20 Å². The lowest BCUT2D eigenvalue weighted by molar-refractivity contribution is 0.198. The fourth-order valence-electron chi connectivity index (χ4n) is 1.77. The Balaban J connectivity index is 1.84. The van der Waals surface area contributed by atoms with E-state index < -0.39 is 6.10 Å². The number of tetrazole rings is 1. The highest BCUT2D eigenvalue weighted by molar-refractivity contribution is 7.99. The zero-order valence-electron chi connectivity index (χ0n) is 11.3. The molecule has 2 aromatic heterocycles. The lowest BCUT2D eigenvalue weighted by Gasteiger charge is -2.05. The van der Waals surface area contributed by atoms with Crippen molar-refractivity contribution in [1.82, 2.24) is 25.2 Å². The molecule has 2 heterocycles. The molecule has 0 radical (unpaired) electrons. The van der Waals surface area contributed by atoms with Gasteiger partial charge in [0.2, 0.25) is 5.16 Å². The third-order valence-electron chi connectivity index (χ3n) is 2.88. The van der Waals surface area contributed by atoms with Gasteiger partial charge in [-0.1, -0.05) is 24.3 Å². The molecule has 0 saturated carbocycles. The second kappa shape index (κ2) is 6.02. The summed E-state index contributed by atoms with van der Waals surface area (Å²) in [6, 6.07) is 13.4. The number of benzene rings is 1. The molecule has 1 N–H and O–H groups in total. The third-order valence-corrected chi connectivity index (χ3v) is 3.77. The van der Waals surface area contributed by atoms with Gasteiger partial charge in [-0.25, -0.2) is 4.98 Å². The van der Waals surface area contributed by atoms with E-state index in [0.717, 1.165) is 16.3 Å². The van der Waals surface area contributed by atoms with Crippen LogP contribution in [0.1, 0.15) is 18.6 Å². The molecule has 0 unspecified atom stereocenters. The molecule has 7 heteroatoms. The van der Waals surface area contributed by atoms with E-state index in [-0.39, 0.29) is 0 Å². The Labute approximate surface area is 125 Å². The molecule has 3 aromatic rings. The molecule has 0 aliphatic heterocycles. The first-order valence-corrected chi connectivity index (χ1v) is 7.21. The van der Waals surface area contributed by atoms with Crippen LogP contribution < -0.4 is 0 Å². The van der Waals surface area contributed by atoms with E-state index in [9.17, 15) is 5.11 Å². The van der Waals surface area contributed by atoms with E-state index in [2.05, 4.69) is 20.5 Å². The largest absolute Gasteiger partial charge is 0.389 e. The topological polar surface area (TPSA) is 76.7 Å². The summed E-state index contributed by atoms with van der Waals surface area (Å²) in [4.78, 5) is 4.30. The molecule has 6 nitrogen and oxygen atoms in total. The van der Waals surface area contributed by atoms with Crippen LogP contribution in [0.25, 0.3) is 5.69 Å². The molecule has 0 fully saturated rings. The number of nitrogens with zero attached hydrogens (tertiary/aromatic N) is 5. The maximum Gasteiger partial charge on any atom is 0.220 e. The van der Waals surface area contributed by atoms with Crippen molar-refractivity contribution in [2.75, 3.05) is 0 Å². The van der Waals surface area contributed by atoms with Crippen LogP contribution in [0.2, 0.25) is 0 Å². The summed E-state index contributed by atoms with van der Waals surface area (Å²) in [5, 5.41) is 22.6. The average Bonchev–Trinajstić information content (AvgIpc) is 2.97. The first-order valence-electron chi connectivity index (χ1n) is 6.40. The molecule has 0 aliphatic carbocycles. The zero-order valence-corrected chi connectivity index (χ0v) is 12.1. The molecule has 1 atom stereocenters. The van der Waals surface area contributed by atoms with Gasteiger partial charge in [-0.15, -0.1) is 5.10 Å². The van der Waals surface area contributed by atoms with Gasteiger partial charge in [0.15, 0.2) is 0 Å². The number of aromatic nitrogens is 5. The van der Waals surface area contributed by atoms with Crippen molar-refractivity contribution in [2.45, 2.75) is 23.2 Å². The molecule has 0 aliphatic rings. The zero-order chi connectivity index (χ0) is 14.7. The van der Waals surface area contributed by atoms with Crippen molar-refractivity contribution in [1.29, 1.82) is 0 Å². The first-order chi connectivity index (χ1) is 10.2. The van der Waals surface area contributed by atoms with Crippen molar-refractivity contribution in [3.05, 3.63) is 54.2 Å². The van der Waals surface area contributed by atoms with Crippen LogP contribution in [-0.2, 0) is 0 Å². The number of aliphatic hydroxyl groups excluding tert-OH is 1. The van der Waals surface area contributed by atoms with Crippen molar-refractivity contribution in [3.63, 3.8) is 0 Å². The lowest BCUT2D eigenvalue weighted by Crippen LogP contribution is -1.99. The summed E-state index contributed by atoms with van der Waals surface area (Å²) >= 11 is 1.37. The van der Waals surface area contributed by atoms with Crippen molar-refractivity contribution < 1.29 is 5.11 Å². The van der Waals surface area contributed by atoms with Crippen molar-refractivity contribution in [3.8, 4) is 5.69 Å². The highest BCUT2D eigenvalue weighted by Gasteiger charge is 2.11. The van der Waals surface area contributed by atoms with Crippen molar-refractivity contribution in [2.24, 2.45) is 0 Å². The molecule has 106 valence electrons. The molecular formula is C14H13N5OS. The molecular weight excluding hydrogens is 286 g/mol. The maximum absolute atomic E-state index is 9.48. The van der Waals surface area contributed by atoms with Gasteiger partial charge in [-0.05, 0) is 52.9 Å². The predicted molar refractivity (Wildman–Crippen MR) is 78.1 cm³/mol. The Morgan fingerprint density at radius 2 is 1.95 bits per heavy atom. The SMILES string of the molecule is C[C@@H](O)c1ccc(Sc2nnnn2-c2ccccc2)nc1. The summed E-state index contributed by atoms with van der Waals surface area (Å²) < 4.78 is 1.66. The van der Waals surface area contributed by atoms with Crippen LogP contribution in [0.3, 0.4) is 0 Å². The van der Waals surface area contributed by atoms with Gasteiger partial charge in [-0.2, -0.15) is 4.68 Å². The van der Waals surface area contributed by atoms with Crippen LogP contribution >= 0.6 is 11.8 Å². The fraction of sp³-hybridized carbons (Fsp3) is 0.143. The minimum atomic E-state index is -0.522. The van der Waals surface area contributed by atoms with E-state index in [0.29, 0.717) is 5.16 Å². The minimum absolute atomic E-state index is 0.522. The third kappa shape index (κ3) is 3.09. The second-order valence-electron chi connectivity index (χ2n) is 4.42. The molecule has 0 saturated heterocycles. The Morgan fingerprint density at radius 3 is 2.62 bits per heavy atom. The Morgan fingerprint density at radius 1 is 1.14 bits per heavy atom. The second-order valence-corrected chi connectivity index (χ2v) is 5.40. The number of para-hydroxylation sites is 1. The summed E-state index contributed by atoms with van der Waals surface area (Å²) in [6.45, 7) is 1.71. The number of pyridine rings is 1. The summed E-state index contributed by atoms with van der Waals surface area (Å²) in [5.74, 6) is 0. The highest BCUT2D eigenvalue weighted by atomic mass is 32.2. The Hall–Kier alpha value is -2.25. The quantitative estimate of drug-likeness (QED) is 0.796. The number of aliphatic hydroxyl groups is 1. The molecule has 0 spiro atoms. The van der Waals surface area contributed by atoms with Gasteiger partial charge in [0.25, 0.3) is 0 Å². The summed E-state index contributed by atoms with van der Waals surface area (Å²) in [7, 11) is 0. The minimum Gasteiger partial charge on any atom is -0.389 e. The summed E-state index contributed by atoms with van der Waals surface area (Å²) in [6.07, 6.45) is 1.13. The van der Waals surface area contributed by atoms with Crippen LogP contribution in [0, 0.1) is 0 Å². The van der Waals surface area contributed by atoms with E-state index >= 15 is 0 Å². The van der Waals surface area contributed by atoms with Gasteiger partial charge < -0.3 is 5.11 Å². The molecule has 3 rings (SSSR count). The van der Waals surface area contributed by atoms with Crippen LogP contribution in [-0.4, -0.2) is 30.3 Å². The predicted octanol–water partition coefficient (Wildman–Crippen LogP) is 2.26. The highest BCUT2D eigenvalue weighted by Crippen LogP contribution is 2.25. The van der Waals surface area contributed by atoms with E-state index in [1.807, 2.05) is 42.5 Å². The average molecular weight is 299 g/mol. The standard InChI is InChI=1S/C14H13N5OS/c1-10(20)11-7-8-13(15-9-11)21-14-16-17-18-19(14)12-5-3-2-4-6-12/h2-10,20H,1H3/t10-/m1/s1. The molecule has 0 amide bonds. The summed E-state index contributed by atoms with van der Waals surface area (Å²) in [5.41, 5.74) is 1.67. The number of hydrogen-bond acceptors (Lipinski definition) is 6. The monoisotopic (exact) mass is 299 g/mol. The van der Waals surface area contributed by atoms with E-state index in [1.165, 1.54) is 11.8 Å². The van der Waals surface area contributed by atoms with Gasteiger partial charge in [-0.3, -0.25) is 0 Å². The number of rotatable bonds is 4. The van der Waals surface area contributed by atoms with Gasteiger partial charge in [0.05, 0.1) is 11.8 Å². The van der Waals surface area contributed by atoms with Crippen LogP contribution in [0.15, 0.2) is 58.8 Å². The smallest absolute Gasteiger partial charge is 0.220 e. The Bertz CT molecular complexity index is 712. The normalized spacial score (nSPS) is 12.3. The number of hydrogen-bond donors (Lipinski definition) is 1. The maximum atomic E-state index is 9.48. The first kappa shape index (κ1) is 13.7. The molecule has 21 heavy (non-hydrogen) atoms.